The molecule has 3 aliphatic carbocycles. The SMILES string of the molecule is C=C1C(OC(C)=O)CCC(C)CCC2=C(C)C3C1CCC3(C)C(O)C2O. The molecule has 2 bridgehead atoms. The number of rotatable bonds is 1. The fourth-order valence-corrected chi connectivity index (χ4v) is 5.85. The highest BCUT2D eigenvalue weighted by Crippen LogP contribution is 2.59. The van der Waals surface area contributed by atoms with Gasteiger partial charge in [0.1, 0.15) is 12.2 Å². The largest absolute Gasteiger partial charge is 0.458 e. The van der Waals surface area contributed by atoms with Gasteiger partial charge in [-0.25, -0.2) is 0 Å². The van der Waals surface area contributed by atoms with Crippen LogP contribution in [0, 0.1) is 23.2 Å². The first-order valence-electron chi connectivity index (χ1n) is 10.1. The number of esters is 1. The standard InChI is InChI=1S/C22H34O4/c1-12-6-8-17-14(3)19-16(10-11-22(19,5)21(25)20(17)24)13(2)18(9-7-12)26-15(4)23/h12,16,18-21,24-25H,2,6-11H2,1,3-5H3. The summed E-state index contributed by atoms with van der Waals surface area (Å²) >= 11 is 0. The molecule has 0 aromatic rings. The lowest BCUT2D eigenvalue weighted by Crippen LogP contribution is -2.50. The Morgan fingerprint density at radius 1 is 1.23 bits per heavy atom. The van der Waals surface area contributed by atoms with Gasteiger partial charge < -0.3 is 14.9 Å². The van der Waals surface area contributed by atoms with E-state index in [2.05, 4.69) is 27.4 Å². The second-order valence-corrected chi connectivity index (χ2v) is 9.12. The summed E-state index contributed by atoms with van der Waals surface area (Å²) in [5.41, 5.74) is 2.90. The third-order valence-electron chi connectivity index (χ3n) is 7.44. The Labute approximate surface area is 157 Å². The quantitative estimate of drug-likeness (QED) is 0.550. The van der Waals surface area contributed by atoms with Crippen molar-refractivity contribution >= 4 is 5.97 Å². The van der Waals surface area contributed by atoms with Crippen LogP contribution >= 0.6 is 0 Å². The van der Waals surface area contributed by atoms with E-state index in [1.807, 2.05) is 0 Å². The number of allylic oxidation sites excluding steroid dienone is 1. The molecule has 0 aliphatic heterocycles. The molecule has 0 aromatic carbocycles. The Bertz CT molecular complexity index is 622. The van der Waals surface area contributed by atoms with Crippen LogP contribution in [-0.2, 0) is 9.53 Å². The van der Waals surface area contributed by atoms with E-state index in [9.17, 15) is 15.0 Å². The van der Waals surface area contributed by atoms with Crippen molar-refractivity contribution in [1.29, 1.82) is 0 Å². The first kappa shape index (κ1) is 19.6. The summed E-state index contributed by atoms with van der Waals surface area (Å²) < 4.78 is 5.66. The maximum atomic E-state index is 11.7. The van der Waals surface area contributed by atoms with Gasteiger partial charge in [0.15, 0.2) is 0 Å². The predicted molar refractivity (Wildman–Crippen MR) is 101 cm³/mol. The van der Waals surface area contributed by atoms with Crippen LogP contribution in [0.5, 0.6) is 0 Å². The van der Waals surface area contributed by atoms with Gasteiger partial charge in [0.2, 0.25) is 0 Å². The molecule has 0 heterocycles. The Morgan fingerprint density at radius 2 is 1.92 bits per heavy atom. The zero-order valence-corrected chi connectivity index (χ0v) is 16.6. The van der Waals surface area contributed by atoms with Crippen LogP contribution in [0.1, 0.15) is 66.2 Å². The Kier molecular flexibility index (Phi) is 5.38. The van der Waals surface area contributed by atoms with Crippen molar-refractivity contribution in [3.8, 4) is 0 Å². The average Bonchev–Trinajstić information content (AvgIpc) is 2.93. The van der Waals surface area contributed by atoms with Gasteiger partial charge in [0.25, 0.3) is 0 Å². The van der Waals surface area contributed by atoms with E-state index >= 15 is 0 Å². The highest BCUT2D eigenvalue weighted by molar-refractivity contribution is 5.66. The molecular weight excluding hydrogens is 328 g/mol. The number of hydrogen-bond donors (Lipinski definition) is 2. The summed E-state index contributed by atoms with van der Waals surface area (Å²) in [7, 11) is 0. The topological polar surface area (TPSA) is 66.8 Å². The average molecular weight is 363 g/mol. The highest BCUT2D eigenvalue weighted by atomic mass is 16.5. The lowest BCUT2D eigenvalue weighted by Gasteiger charge is -2.47. The van der Waals surface area contributed by atoms with Gasteiger partial charge in [0, 0.05) is 12.3 Å². The van der Waals surface area contributed by atoms with E-state index in [0.29, 0.717) is 5.92 Å². The van der Waals surface area contributed by atoms with Crippen LogP contribution < -0.4 is 0 Å². The minimum atomic E-state index is -0.763. The number of aliphatic hydroxyl groups is 2. The molecule has 0 amide bonds. The minimum Gasteiger partial charge on any atom is -0.458 e. The van der Waals surface area contributed by atoms with Crippen LogP contribution in [0.2, 0.25) is 0 Å². The van der Waals surface area contributed by atoms with Gasteiger partial charge in [-0.05, 0) is 74.3 Å². The summed E-state index contributed by atoms with van der Waals surface area (Å²) in [5.74, 6) is 0.563. The lowest BCUT2D eigenvalue weighted by atomic mass is 9.61. The zero-order chi connectivity index (χ0) is 19.2. The van der Waals surface area contributed by atoms with Crippen molar-refractivity contribution in [3.63, 3.8) is 0 Å². The molecule has 4 heteroatoms. The fourth-order valence-electron chi connectivity index (χ4n) is 5.85. The summed E-state index contributed by atoms with van der Waals surface area (Å²) in [6.07, 6.45) is 3.59. The lowest BCUT2D eigenvalue weighted by molar-refractivity contribution is -0.145. The first-order chi connectivity index (χ1) is 12.2. The predicted octanol–water partition coefficient (Wildman–Crippen LogP) is 3.77. The molecule has 146 valence electrons. The molecule has 1 fully saturated rings. The number of ether oxygens (including phenoxy) is 1. The smallest absolute Gasteiger partial charge is 0.303 e. The van der Waals surface area contributed by atoms with E-state index < -0.39 is 12.2 Å². The molecule has 26 heavy (non-hydrogen) atoms. The van der Waals surface area contributed by atoms with Crippen molar-refractivity contribution in [2.75, 3.05) is 0 Å². The summed E-state index contributed by atoms with van der Waals surface area (Å²) in [6.45, 7) is 12.3. The number of hydrogen-bond acceptors (Lipinski definition) is 4. The van der Waals surface area contributed by atoms with Crippen LogP contribution in [0.3, 0.4) is 0 Å². The maximum Gasteiger partial charge on any atom is 0.303 e. The van der Waals surface area contributed by atoms with Gasteiger partial charge in [-0.15, -0.1) is 0 Å². The molecule has 3 rings (SSSR count). The molecule has 1 saturated carbocycles. The van der Waals surface area contributed by atoms with Crippen molar-refractivity contribution in [2.24, 2.45) is 23.2 Å². The Morgan fingerprint density at radius 3 is 2.58 bits per heavy atom. The van der Waals surface area contributed by atoms with E-state index in [0.717, 1.165) is 49.7 Å². The molecule has 7 unspecified atom stereocenters. The van der Waals surface area contributed by atoms with Crippen LogP contribution in [0.15, 0.2) is 23.3 Å². The number of carbonyl (C=O) groups is 1. The summed E-state index contributed by atoms with van der Waals surface area (Å²) in [4.78, 5) is 11.7. The van der Waals surface area contributed by atoms with Gasteiger partial charge >= 0.3 is 5.97 Å². The van der Waals surface area contributed by atoms with Crippen molar-refractivity contribution in [3.05, 3.63) is 23.3 Å². The number of aliphatic hydroxyl groups excluding tert-OH is 2. The molecule has 2 N–H and O–H groups in total. The number of carbonyl (C=O) groups excluding carboxylic acids is 1. The minimum absolute atomic E-state index is 0.162. The third kappa shape index (κ3) is 3.16. The van der Waals surface area contributed by atoms with Crippen LogP contribution in [0.25, 0.3) is 0 Å². The van der Waals surface area contributed by atoms with E-state index in [1.165, 1.54) is 12.5 Å². The summed E-state index contributed by atoms with van der Waals surface area (Å²) in [5, 5.41) is 21.8. The molecule has 0 saturated heterocycles. The first-order valence-corrected chi connectivity index (χ1v) is 10.1. The normalized spacial score (nSPS) is 43.8. The molecule has 0 radical (unpaired) electrons. The Balaban J connectivity index is 2.05. The second-order valence-electron chi connectivity index (χ2n) is 9.12. The van der Waals surface area contributed by atoms with Crippen LogP contribution in [-0.4, -0.2) is 34.5 Å². The van der Waals surface area contributed by atoms with Crippen LogP contribution in [0.4, 0.5) is 0 Å². The maximum absolute atomic E-state index is 11.7. The summed E-state index contributed by atoms with van der Waals surface area (Å²) in [6, 6.07) is 0. The monoisotopic (exact) mass is 362 g/mol. The van der Waals surface area contributed by atoms with Gasteiger partial charge in [-0.1, -0.05) is 26.0 Å². The van der Waals surface area contributed by atoms with Crippen molar-refractivity contribution < 1.29 is 19.7 Å². The Hall–Kier alpha value is -1.13. The fraction of sp³-hybridized carbons (Fsp3) is 0.773. The van der Waals surface area contributed by atoms with Gasteiger partial charge in [0.05, 0.1) is 6.10 Å². The third-order valence-corrected chi connectivity index (χ3v) is 7.44. The van der Waals surface area contributed by atoms with Crippen molar-refractivity contribution in [1.82, 2.24) is 0 Å². The molecule has 0 aromatic heterocycles. The molecule has 3 aliphatic rings. The van der Waals surface area contributed by atoms with Crippen molar-refractivity contribution in [2.45, 2.75) is 84.5 Å². The molecular formula is C22H34O4. The highest BCUT2D eigenvalue weighted by Gasteiger charge is 2.56. The molecule has 4 nitrogen and oxygen atoms in total. The van der Waals surface area contributed by atoms with E-state index in [1.54, 1.807) is 0 Å². The van der Waals surface area contributed by atoms with E-state index in [4.69, 9.17) is 4.74 Å². The van der Waals surface area contributed by atoms with Gasteiger partial charge in [-0.3, -0.25) is 4.79 Å². The van der Waals surface area contributed by atoms with Gasteiger partial charge in [-0.2, -0.15) is 0 Å². The van der Waals surface area contributed by atoms with E-state index in [-0.39, 0.29) is 29.3 Å². The molecule has 0 spiro atoms. The molecule has 7 atom stereocenters. The zero-order valence-electron chi connectivity index (χ0n) is 16.6. The second kappa shape index (κ2) is 7.12.